The molecule has 2 heterocycles. The molecule has 0 bridgehead atoms. The molecule has 0 atom stereocenters. The van der Waals surface area contributed by atoms with Crippen molar-refractivity contribution in [3.05, 3.63) is 93.4 Å². The van der Waals surface area contributed by atoms with E-state index in [0.717, 1.165) is 26.9 Å². The molecule has 0 spiro atoms. The van der Waals surface area contributed by atoms with Crippen molar-refractivity contribution < 1.29 is 19.1 Å². The molecule has 1 saturated heterocycles. The normalized spacial score (nSPS) is 17.4. The number of rotatable bonds is 7. The van der Waals surface area contributed by atoms with Crippen LogP contribution in [-0.2, 0) is 16.1 Å². The molecule has 1 amide bonds. The number of anilines is 2. The van der Waals surface area contributed by atoms with E-state index in [4.69, 9.17) is 9.73 Å². The van der Waals surface area contributed by atoms with Crippen LogP contribution >= 0.6 is 23.5 Å². The number of esters is 1. The van der Waals surface area contributed by atoms with Gasteiger partial charge in [-0.05, 0) is 73.6 Å². The van der Waals surface area contributed by atoms with Crippen molar-refractivity contribution in [3.8, 4) is 0 Å². The summed E-state index contributed by atoms with van der Waals surface area (Å²) in [5.41, 5.74) is 4.07. The molecule has 0 aliphatic carbocycles. The number of para-hydroxylation sites is 1. The Morgan fingerprint density at radius 2 is 1.80 bits per heavy atom. The first-order valence-electron chi connectivity index (χ1n) is 12.7. The Balaban J connectivity index is 1.60. The Bertz CT molecular complexity index is 1580. The topological polar surface area (TPSA) is 91.3 Å². The zero-order valence-electron chi connectivity index (χ0n) is 22.6. The maximum Gasteiger partial charge on any atom is 0.337 e. The van der Waals surface area contributed by atoms with Gasteiger partial charge >= 0.3 is 5.97 Å². The van der Waals surface area contributed by atoms with E-state index in [1.807, 2.05) is 55.3 Å². The number of nitrogens with one attached hydrogen (secondary N) is 1. The summed E-state index contributed by atoms with van der Waals surface area (Å²) in [6.45, 7) is 4.37. The zero-order chi connectivity index (χ0) is 28.4. The summed E-state index contributed by atoms with van der Waals surface area (Å²) in [4.78, 5) is 48.5. The second-order valence-electron chi connectivity index (χ2n) is 9.16. The summed E-state index contributed by atoms with van der Waals surface area (Å²) in [6, 6.07) is 20.4. The number of ether oxygens (including phenoxy) is 1. The standard InChI is InChI=1S/C30H28N4O4S2/c1-5-31-22-14-13-20(18(2)35)16-23(22)32-30-34(17-19-9-8-10-21(15-19)29(37)38-4)27(36)26(40-30)28-33(3)24-11-6-7-12-25(24)39-28/h6-16,31H,5,17H2,1-4H3/b28-26-,32-30+. The van der Waals surface area contributed by atoms with Crippen LogP contribution in [0.1, 0.15) is 40.1 Å². The van der Waals surface area contributed by atoms with Crippen LogP contribution in [0.5, 0.6) is 0 Å². The molecular formula is C30H28N4O4S2. The van der Waals surface area contributed by atoms with Crippen LogP contribution in [0.15, 0.2) is 86.6 Å². The fourth-order valence-corrected chi connectivity index (χ4v) is 6.78. The van der Waals surface area contributed by atoms with Crippen LogP contribution in [0.3, 0.4) is 0 Å². The molecular weight excluding hydrogens is 544 g/mol. The number of carbonyl (C=O) groups is 3. The third-order valence-corrected chi connectivity index (χ3v) is 8.90. The number of ketones is 1. The van der Waals surface area contributed by atoms with Gasteiger partial charge in [0.05, 0.1) is 41.3 Å². The van der Waals surface area contributed by atoms with Crippen LogP contribution < -0.4 is 10.2 Å². The van der Waals surface area contributed by atoms with Gasteiger partial charge in [0.1, 0.15) is 4.91 Å². The van der Waals surface area contributed by atoms with E-state index in [1.165, 1.54) is 25.8 Å². The first-order valence-corrected chi connectivity index (χ1v) is 14.3. The Morgan fingerprint density at radius 3 is 2.52 bits per heavy atom. The fourth-order valence-electron chi connectivity index (χ4n) is 4.44. The van der Waals surface area contributed by atoms with Crippen LogP contribution in [0.25, 0.3) is 0 Å². The van der Waals surface area contributed by atoms with E-state index in [0.29, 0.717) is 33.4 Å². The van der Waals surface area contributed by atoms with Gasteiger partial charge in [0.2, 0.25) is 0 Å². The van der Waals surface area contributed by atoms with Gasteiger partial charge < -0.3 is 15.0 Å². The van der Waals surface area contributed by atoms with Gasteiger partial charge in [-0.15, -0.1) is 0 Å². The van der Waals surface area contributed by atoms with Crippen molar-refractivity contribution in [2.75, 3.05) is 30.9 Å². The number of fused-ring (bicyclic) bond motifs is 1. The van der Waals surface area contributed by atoms with Crippen molar-refractivity contribution >= 4 is 63.4 Å². The average molecular weight is 573 g/mol. The molecule has 1 N–H and O–H groups in total. The maximum absolute atomic E-state index is 14.0. The van der Waals surface area contributed by atoms with Gasteiger partial charge in [0.25, 0.3) is 5.91 Å². The van der Waals surface area contributed by atoms with Gasteiger partial charge in [-0.25, -0.2) is 9.79 Å². The van der Waals surface area contributed by atoms with E-state index in [1.54, 1.807) is 47.0 Å². The predicted octanol–water partition coefficient (Wildman–Crippen LogP) is 6.28. The minimum Gasteiger partial charge on any atom is -0.465 e. The van der Waals surface area contributed by atoms with Gasteiger partial charge in [-0.3, -0.25) is 14.5 Å². The lowest BCUT2D eigenvalue weighted by atomic mass is 10.1. The Hall–Kier alpha value is -4.02. The number of amides is 1. The van der Waals surface area contributed by atoms with Crippen molar-refractivity contribution in [1.82, 2.24) is 4.90 Å². The number of Topliss-reactive ketones (excluding diaryl/α,β-unsaturated/α-hetero) is 1. The molecule has 3 aromatic carbocycles. The first-order chi connectivity index (χ1) is 19.3. The molecule has 8 nitrogen and oxygen atoms in total. The average Bonchev–Trinajstić information content (AvgIpc) is 3.45. The number of carbonyl (C=O) groups excluding carboxylic acids is 3. The van der Waals surface area contributed by atoms with Crippen molar-refractivity contribution in [1.29, 1.82) is 0 Å². The molecule has 0 unspecified atom stereocenters. The minimum atomic E-state index is -0.446. The number of amidine groups is 1. The fraction of sp³-hybridized carbons (Fsp3) is 0.200. The second kappa shape index (κ2) is 11.6. The predicted molar refractivity (Wildman–Crippen MR) is 161 cm³/mol. The van der Waals surface area contributed by atoms with E-state index in [-0.39, 0.29) is 18.2 Å². The number of nitrogens with zero attached hydrogens (tertiary/aromatic N) is 3. The van der Waals surface area contributed by atoms with Crippen molar-refractivity contribution in [2.45, 2.75) is 25.3 Å². The lowest BCUT2D eigenvalue weighted by Gasteiger charge is -2.18. The number of thioether (sulfide) groups is 2. The third-order valence-electron chi connectivity index (χ3n) is 6.47. The smallest absolute Gasteiger partial charge is 0.337 e. The van der Waals surface area contributed by atoms with Crippen LogP contribution in [0.2, 0.25) is 0 Å². The molecule has 1 fully saturated rings. The van der Waals surface area contributed by atoms with Gasteiger partial charge in [0, 0.05) is 24.1 Å². The highest BCUT2D eigenvalue weighted by Gasteiger charge is 2.39. The van der Waals surface area contributed by atoms with E-state index in [2.05, 4.69) is 5.32 Å². The van der Waals surface area contributed by atoms with Gasteiger partial charge in [-0.2, -0.15) is 0 Å². The molecule has 2 aliphatic rings. The molecule has 10 heteroatoms. The zero-order valence-corrected chi connectivity index (χ0v) is 24.2. The second-order valence-corrected chi connectivity index (χ2v) is 11.2. The van der Waals surface area contributed by atoms with Crippen molar-refractivity contribution in [3.63, 3.8) is 0 Å². The number of methoxy groups -OCH3 is 1. The Morgan fingerprint density at radius 1 is 1.00 bits per heavy atom. The Kier molecular flexibility index (Phi) is 7.99. The summed E-state index contributed by atoms with van der Waals surface area (Å²) >= 11 is 2.86. The number of hydrogen-bond acceptors (Lipinski definition) is 9. The molecule has 204 valence electrons. The van der Waals surface area contributed by atoms with E-state index >= 15 is 0 Å². The summed E-state index contributed by atoms with van der Waals surface area (Å²) < 4.78 is 4.88. The monoisotopic (exact) mass is 572 g/mol. The molecule has 3 aromatic rings. The van der Waals surface area contributed by atoms with Crippen LogP contribution in [0, 0.1) is 0 Å². The maximum atomic E-state index is 14.0. The first kappa shape index (κ1) is 27.5. The lowest BCUT2D eigenvalue weighted by molar-refractivity contribution is -0.122. The van der Waals surface area contributed by atoms with E-state index < -0.39 is 5.97 Å². The minimum absolute atomic E-state index is 0.0688. The quantitative estimate of drug-likeness (QED) is 0.201. The largest absolute Gasteiger partial charge is 0.465 e. The van der Waals surface area contributed by atoms with Crippen LogP contribution in [-0.4, -0.2) is 48.4 Å². The van der Waals surface area contributed by atoms with Crippen molar-refractivity contribution in [2.24, 2.45) is 4.99 Å². The molecule has 0 saturated carbocycles. The number of benzene rings is 3. The SMILES string of the molecule is CCNc1ccc(C(C)=O)cc1/N=C1/S/C(=C2\Sc3ccccc3N2C)C(=O)N1Cc1cccc(C(=O)OC)c1. The molecule has 5 rings (SSSR count). The summed E-state index contributed by atoms with van der Waals surface area (Å²) in [5, 5.41) is 4.62. The highest BCUT2D eigenvalue weighted by Crippen LogP contribution is 2.50. The Labute approximate surface area is 241 Å². The van der Waals surface area contributed by atoms with E-state index in [9.17, 15) is 14.4 Å². The van der Waals surface area contributed by atoms with Crippen LogP contribution in [0.4, 0.5) is 17.1 Å². The van der Waals surface area contributed by atoms with Gasteiger partial charge in [-0.1, -0.05) is 36.0 Å². The third kappa shape index (κ3) is 5.37. The summed E-state index contributed by atoms with van der Waals surface area (Å²) in [7, 11) is 3.29. The summed E-state index contributed by atoms with van der Waals surface area (Å²) in [5.74, 6) is -0.693. The highest BCUT2D eigenvalue weighted by atomic mass is 32.2. The molecule has 0 aromatic heterocycles. The lowest BCUT2D eigenvalue weighted by Crippen LogP contribution is -2.29. The molecule has 40 heavy (non-hydrogen) atoms. The molecule has 2 aliphatic heterocycles. The summed E-state index contributed by atoms with van der Waals surface area (Å²) in [6.07, 6.45) is 0. The molecule has 0 radical (unpaired) electrons. The number of aliphatic imine (C=N–C) groups is 1. The van der Waals surface area contributed by atoms with Gasteiger partial charge in [0.15, 0.2) is 11.0 Å². The number of hydrogen-bond donors (Lipinski definition) is 1. The highest BCUT2D eigenvalue weighted by molar-refractivity contribution is 8.19.